The lowest BCUT2D eigenvalue weighted by Crippen LogP contribution is -2.52. The van der Waals surface area contributed by atoms with E-state index in [2.05, 4.69) is 0 Å². The summed E-state index contributed by atoms with van der Waals surface area (Å²) in [5.74, 6) is -6.83. The van der Waals surface area contributed by atoms with Crippen LogP contribution in [0.25, 0.3) is 0 Å². The van der Waals surface area contributed by atoms with Gasteiger partial charge in [0.25, 0.3) is 0 Å². The standard InChI is InChI=1S/C16H14F3NO5/c1-15(2)7-4-3-5-8(16(17,18)19)10(7)12(23)11(13(15)24)14(25)20-6-9(21)22/h3-5,11H,6H2,1-2H3,(H,20,25)(H,21,22). The van der Waals surface area contributed by atoms with Crippen LogP contribution in [0.5, 0.6) is 0 Å². The molecule has 1 amide bonds. The number of aliphatic carboxylic acids is 1. The average molecular weight is 357 g/mol. The minimum absolute atomic E-state index is 0.111. The summed E-state index contributed by atoms with van der Waals surface area (Å²) in [4.78, 5) is 47.7. The lowest BCUT2D eigenvalue weighted by atomic mass is 9.65. The summed E-state index contributed by atoms with van der Waals surface area (Å²) < 4.78 is 39.8. The molecule has 1 atom stereocenters. The van der Waals surface area contributed by atoms with Crippen molar-refractivity contribution in [3.8, 4) is 0 Å². The number of carbonyl (C=O) groups excluding carboxylic acids is 3. The number of amides is 1. The Labute approximate surface area is 140 Å². The van der Waals surface area contributed by atoms with Crippen molar-refractivity contribution in [1.29, 1.82) is 0 Å². The number of Topliss-reactive ketones (excluding diaryl/α,β-unsaturated/α-hetero) is 2. The highest BCUT2D eigenvalue weighted by Crippen LogP contribution is 2.42. The van der Waals surface area contributed by atoms with Crippen molar-refractivity contribution in [2.45, 2.75) is 25.4 Å². The minimum Gasteiger partial charge on any atom is -0.480 e. The molecule has 1 aromatic rings. The molecule has 1 unspecified atom stereocenters. The van der Waals surface area contributed by atoms with Gasteiger partial charge in [0, 0.05) is 5.56 Å². The molecule has 2 N–H and O–H groups in total. The van der Waals surface area contributed by atoms with Gasteiger partial charge in [-0.25, -0.2) is 0 Å². The number of carbonyl (C=O) groups is 4. The smallest absolute Gasteiger partial charge is 0.417 e. The van der Waals surface area contributed by atoms with Gasteiger partial charge in [0.05, 0.1) is 11.0 Å². The molecule has 0 radical (unpaired) electrons. The van der Waals surface area contributed by atoms with Crippen LogP contribution in [0.1, 0.15) is 35.3 Å². The maximum Gasteiger partial charge on any atom is 0.417 e. The monoisotopic (exact) mass is 357 g/mol. The van der Waals surface area contributed by atoms with Crippen LogP contribution in [0, 0.1) is 5.92 Å². The fourth-order valence-electron chi connectivity index (χ4n) is 2.83. The summed E-state index contributed by atoms with van der Waals surface area (Å²) in [5, 5.41) is 10.4. The predicted molar refractivity (Wildman–Crippen MR) is 77.9 cm³/mol. The summed E-state index contributed by atoms with van der Waals surface area (Å²) >= 11 is 0. The number of nitrogens with one attached hydrogen (secondary N) is 1. The molecule has 9 heteroatoms. The highest BCUT2D eigenvalue weighted by Gasteiger charge is 2.52. The van der Waals surface area contributed by atoms with Crippen LogP contribution in [-0.2, 0) is 26.0 Å². The lowest BCUT2D eigenvalue weighted by molar-refractivity contribution is -0.141. The SMILES string of the molecule is CC1(C)C(=O)C(C(=O)NCC(=O)O)C(=O)c2c(C(F)(F)F)cccc21. The van der Waals surface area contributed by atoms with Gasteiger partial charge < -0.3 is 10.4 Å². The number of hydrogen-bond acceptors (Lipinski definition) is 4. The van der Waals surface area contributed by atoms with Crippen molar-refractivity contribution in [3.05, 3.63) is 34.9 Å². The van der Waals surface area contributed by atoms with E-state index < -0.39 is 58.6 Å². The molecule has 0 saturated carbocycles. The van der Waals surface area contributed by atoms with E-state index >= 15 is 0 Å². The van der Waals surface area contributed by atoms with Crippen LogP contribution in [0.3, 0.4) is 0 Å². The zero-order valence-electron chi connectivity index (χ0n) is 13.2. The summed E-state index contributed by atoms with van der Waals surface area (Å²) in [5.41, 5.74) is -3.59. The van der Waals surface area contributed by atoms with E-state index in [1.165, 1.54) is 19.9 Å². The maximum atomic E-state index is 13.3. The van der Waals surface area contributed by atoms with E-state index in [4.69, 9.17) is 5.11 Å². The van der Waals surface area contributed by atoms with Crippen LogP contribution in [0.2, 0.25) is 0 Å². The number of hydrogen-bond donors (Lipinski definition) is 2. The zero-order valence-corrected chi connectivity index (χ0v) is 13.2. The van der Waals surface area contributed by atoms with Gasteiger partial charge in [-0.15, -0.1) is 0 Å². The number of fused-ring (bicyclic) bond motifs is 1. The van der Waals surface area contributed by atoms with Gasteiger partial charge in [0.15, 0.2) is 17.5 Å². The molecule has 0 aromatic heterocycles. The second-order valence-electron chi connectivity index (χ2n) is 6.12. The van der Waals surface area contributed by atoms with Crippen LogP contribution < -0.4 is 5.32 Å². The number of carboxylic acids is 1. The zero-order chi connectivity index (χ0) is 19.2. The number of alkyl halides is 3. The Balaban J connectivity index is 2.62. The molecule has 0 fully saturated rings. The molecule has 1 aliphatic rings. The van der Waals surface area contributed by atoms with Gasteiger partial charge in [-0.05, 0) is 25.5 Å². The highest BCUT2D eigenvalue weighted by molar-refractivity contribution is 6.29. The average Bonchev–Trinajstić information content (AvgIpc) is 2.50. The first kappa shape index (κ1) is 18.6. The second kappa shape index (κ2) is 5.98. The van der Waals surface area contributed by atoms with E-state index in [1.807, 2.05) is 5.32 Å². The molecular weight excluding hydrogens is 343 g/mol. The number of benzene rings is 1. The van der Waals surface area contributed by atoms with E-state index in [-0.39, 0.29) is 5.56 Å². The molecular formula is C16H14F3NO5. The van der Waals surface area contributed by atoms with E-state index in [1.54, 1.807) is 0 Å². The third-order valence-electron chi connectivity index (χ3n) is 4.11. The first-order valence-electron chi connectivity index (χ1n) is 7.17. The molecule has 25 heavy (non-hydrogen) atoms. The quantitative estimate of drug-likeness (QED) is 0.800. The molecule has 0 heterocycles. The van der Waals surface area contributed by atoms with Crippen molar-refractivity contribution in [2.75, 3.05) is 6.54 Å². The Morgan fingerprint density at radius 1 is 1.24 bits per heavy atom. The number of halogens is 3. The Hall–Kier alpha value is -2.71. The lowest BCUT2D eigenvalue weighted by Gasteiger charge is -2.35. The van der Waals surface area contributed by atoms with Gasteiger partial charge in [-0.2, -0.15) is 13.2 Å². The molecule has 134 valence electrons. The van der Waals surface area contributed by atoms with Crippen LogP contribution in [0.15, 0.2) is 18.2 Å². The topological polar surface area (TPSA) is 101 Å². The molecule has 2 rings (SSSR count). The molecule has 0 bridgehead atoms. The molecule has 1 aromatic carbocycles. The van der Waals surface area contributed by atoms with Gasteiger partial charge in [0.1, 0.15) is 6.54 Å². The fourth-order valence-corrected chi connectivity index (χ4v) is 2.83. The van der Waals surface area contributed by atoms with E-state index in [9.17, 15) is 32.3 Å². The van der Waals surface area contributed by atoms with Crippen LogP contribution >= 0.6 is 0 Å². The Morgan fingerprint density at radius 2 is 1.84 bits per heavy atom. The molecule has 0 aliphatic heterocycles. The predicted octanol–water partition coefficient (Wildman–Crippen LogP) is 1.57. The molecule has 1 aliphatic carbocycles. The van der Waals surface area contributed by atoms with Crippen molar-refractivity contribution < 1.29 is 37.5 Å². The fraction of sp³-hybridized carbons (Fsp3) is 0.375. The van der Waals surface area contributed by atoms with Crippen LogP contribution in [-0.4, -0.2) is 35.1 Å². The summed E-state index contributed by atoms with van der Waals surface area (Å²) in [6, 6.07) is 3.04. The number of carboxylic acid groups (broad SMARTS) is 1. The second-order valence-corrected chi connectivity index (χ2v) is 6.12. The minimum atomic E-state index is -4.85. The Morgan fingerprint density at radius 3 is 2.36 bits per heavy atom. The highest BCUT2D eigenvalue weighted by atomic mass is 19.4. The number of ketones is 2. The Bertz CT molecular complexity index is 782. The van der Waals surface area contributed by atoms with Crippen molar-refractivity contribution in [1.82, 2.24) is 5.32 Å². The van der Waals surface area contributed by atoms with Crippen molar-refractivity contribution in [3.63, 3.8) is 0 Å². The summed E-state index contributed by atoms with van der Waals surface area (Å²) in [7, 11) is 0. The van der Waals surface area contributed by atoms with E-state index in [0.717, 1.165) is 6.07 Å². The molecule has 0 spiro atoms. The summed E-state index contributed by atoms with van der Waals surface area (Å²) in [6.45, 7) is 1.78. The first-order valence-corrected chi connectivity index (χ1v) is 7.17. The van der Waals surface area contributed by atoms with Crippen LogP contribution in [0.4, 0.5) is 13.2 Å². The van der Waals surface area contributed by atoms with Crippen molar-refractivity contribution in [2.24, 2.45) is 5.92 Å². The summed E-state index contributed by atoms with van der Waals surface area (Å²) in [6.07, 6.45) is -4.85. The third kappa shape index (κ3) is 3.13. The normalized spacial score (nSPS) is 19.3. The van der Waals surface area contributed by atoms with Gasteiger partial charge in [-0.1, -0.05) is 12.1 Å². The van der Waals surface area contributed by atoms with E-state index in [0.29, 0.717) is 6.07 Å². The maximum absolute atomic E-state index is 13.3. The molecule has 6 nitrogen and oxygen atoms in total. The van der Waals surface area contributed by atoms with Gasteiger partial charge in [-0.3, -0.25) is 19.2 Å². The largest absolute Gasteiger partial charge is 0.480 e. The Kier molecular flexibility index (Phi) is 4.45. The van der Waals surface area contributed by atoms with Gasteiger partial charge >= 0.3 is 12.1 Å². The first-order chi connectivity index (χ1) is 11.4. The number of rotatable bonds is 3. The third-order valence-corrected chi connectivity index (χ3v) is 4.11. The molecule has 0 saturated heterocycles. The van der Waals surface area contributed by atoms with Gasteiger partial charge in [0.2, 0.25) is 5.91 Å². The van der Waals surface area contributed by atoms with Crippen molar-refractivity contribution >= 4 is 23.4 Å².